The van der Waals surface area contributed by atoms with Gasteiger partial charge >= 0.3 is 0 Å². The van der Waals surface area contributed by atoms with Crippen molar-refractivity contribution in [3.8, 4) is 0 Å². The van der Waals surface area contributed by atoms with E-state index in [0.717, 1.165) is 47.2 Å². The number of halogens is 3. The quantitative estimate of drug-likeness (QED) is 0.377. The second-order valence-corrected chi connectivity index (χ2v) is 10.9. The third kappa shape index (κ3) is 8.74. The maximum absolute atomic E-state index is 13.7. The van der Waals surface area contributed by atoms with Gasteiger partial charge in [0.2, 0.25) is 21.8 Å². The van der Waals surface area contributed by atoms with Crippen LogP contribution in [-0.4, -0.2) is 50.5 Å². The predicted octanol–water partition coefficient (Wildman–Crippen LogP) is 4.50. The zero-order chi connectivity index (χ0) is 26.9. The molecular weight excluding hydrogens is 512 g/mol. The van der Waals surface area contributed by atoms with E-state index in [1.54, 1.807) is 31.2 Å². The SMILES string of the molecule is CCCCNC(=O)C(C)N(Cc1cccc(Cl)c1)C(=O)CCCN(c1ccc(F)c(F)c1)S(C)(=O)=O. The molecule has 2 aromatic carbocycles. The van der Waals surface area contributed by atoms with E-state index in [2.05, 4.69) is 5.32 Å². The topological polar surface area (TPSA) is 86.8 Å². The van der Waals surface area contributed by atoms with E-state index >= 15 is 0 Å². The van der Waals surface area contributed by atoms with Gasteiger partial charge in [-0.3, -0.25) is 13.9 Å². The molecule has 0 saturated carbocycles. The molecule has 0 saturated heterocycles. The largest absolute Gasteiger partial charge is 0.354 e. The Morgan fingerprint density at radius 1 is 1.08 bits per heavy atom. The molecule has 2 aromatic rings. The van der Waals surface area contributed by atoms with Crippen LogP contribution in [0.25, 0.3) is 0 Å². The summed E-state index contributed by atoms with van der Waals surface area (Å²) in [6, 6.07) is 8.99. The minimum Gasteiger partial charge on any atom is -0.354 e. The average molecular weight is 544 g/mol. The van der Waals surface area contributed by atoms with Gasteiger partial charge in [0.25, 0.3) is 0 Å². The summed E-state index contributed by atoms with van der Waals surface area (Å²) in [7, 11) is -3.82. The van der Waals surface area contributed by atoms with E-state index in [1.165, 1.54) is 4.90 Å². The molecule has 1 unspecified atom stereocenters. The smallest absolute Gasteiger partial charge is 0.242 e. The van der Waals surface area contributed by atoms with Gasteiger partial charge in [-0.1, -0.05) is 37.1 Å². The number of nitrogens with zero attached hydrogens (tertiary/aromatic N) is 2. The van der Waals surface area contributed by atoms with E-state index < -0.39 is 27.7 Å². The Morgan fingerprint density at radius 3 is 2.42 bits per heavy atom. The lowest BCUT2D eigenvalue weighted by Gasteiger charge is -2.29. The number of rotatable bonds is 13. The summed E-state index contributed by atoms with van der Waals surface area (Å²) in [6.07, 6.45) is 2.70. The molecule has 0 heterocycles. The number of benzene rings is 2. The standard InChI is InChI=1S/C25H32ClF2N3O4S/c1-4-5-13-29-25(33)18(2)30(17-19-8-6-9-20(26)15-19)24(32)10-7-14-31(36(3,34)35)21-11-12-22(27)23(28)16-21/h6,8-9,11-12,15-16,18H,4-5,7,10,13-14,17H2,1-3H3,(H,29,33). The molecule has 0 spiro atoms. The molecule has 2 rings (SSSR count). The van der Waals surface area contributed by atoms with Gasteiger partial charge in [-0.15, -0.1) is 0 Å². The predicted molar refractivity (Wildman–Crippen MR) is 137 cm³/mol. The first-order valence-corrected chi connectivity index (χ1v) is 13.9. The molecule has 0 aromatic heterocycles. The van der Waals surface area contributed by atoms with E-state index in [1.807, 2.05) is 6.92 Å². The Morgan fingerprint density at radius 2 is 1.81 bits per heavy atom. The Balaban J connectivity index is 2.16. The highest BCUT2D eigenvalue weighted by atomic mass is 35.5. The lowest BCUT2D eigenvalue weighted by molar-refractivity contribution is -0.140. The summed E-state index contributed by atoms with van der Waals surface area (Å²) >= 11 is 6.08. The van der Waals surface area contributed by atoms with Crippen LogP contribution in [0.5, 0.6) is 0 Å². The summed E-state index contributed by atoms with van der Waals surface area (Å²) in [5, 5.41) is 3.32. The number of sulfonamides is 1. The Bertz CT molecular complexity index is 1160. The first kappa shape index (κ1) is 29.5. The highest BCUT2D eigenvalue weighted by Gasteiger charge is 2.26. The minimum absolute atomic E-state index is 0.0386. The van der Waals surface area contributed by atoms with Crippen molar-refractivity contribution in [1.82, 2.24) is 10.2 Å². The van der Waals surface area contributed by atoms with Crippen LogP contribution in [0.4, 0.5) is 14.5 Å². The van der Waals surface area contributed by atoms with Crippen molar-refractivity contribution in [2.45, 2.75) is 52.1 Å². The van der Waals surface area contributed by atoms with Crippen molar-refractivity contribution in [1.29, 1.82) is 0 Å². The molecule has 198 valence electrons. The van der Waals surface area contributed by atoms with Crippen molar-refractivity contribution in [2.75, 3.05) is 23.7 Å². The first-order valence-electron chi connectivity index (χ1n) is 11.7. The Labute approximate surface area is 216 Å². The molecule has 2 amide bonds. The zero-order valence-electron chi connectivity index (χ0n) is 20.6. The number of hydrogen-bond donors (Lipinski definition) is 1. The summed E-state index contributed by atoms with van der Waals surface area (Å²) in [4.78, 5) is 27.3. The Kier molecular flexibility index (Phi) is 11.1. The van der Waals surface area contributed by atoms with Crippen LogP contribution >= 0.6 is 11.6 Å². The van der Waals surface area contributed by atoms with Crippen LogP contribution in [0.3, 0.4) is 0 Å². The van der Waals surface area contributed by atoms with Crippen LogP contribution in [0, 0.1) is 11.6 Å². The molecular formula is C25H32ClF2N3O4S. The third-order valence-electron chi connectivity index (χ3n) is 5.58. The number of carbonyl (C=O) groups is 2. The van der Waals surface area contributed by atoms with E-state index in [9.17, 15) is 26.8 Å². The molecule has 11 heteroatoms. The van der Waals surface area contributed by atoms with Crippen LogP contribution < -0.4 is 9.62 Å². The van der Waals surface area contributed by atoms with Crippen LogP contribution in [-0.2, 0) is 26.2 Å². The molecule has 0 aliphatic heterocycles. The number of hydrogen-bond acceptors (Lipinski definition) is 4. The molecule has 36 heavy (non-hydrogen) atoms. The van der Waals surface area contributed by atoms with Crippen molar-refractivity contribution in [3.05, 3.63) is 64.7 Å². The third-order valence-corrected chi connectivity index (χ3v) is 7.01. The molecule has 1 atom stereocenters. The molecule has 7 nitrogen and oxygen atoms in total. The summed E-state index contributed by atoms with van der Waals surface area (Å²) < 4.78 is 52.5. The number of unbranched alkanes of at least 4 members (excludes halogenated alkanes) is 1. The van der Waals surface area contributed by atoms with E-state index in [4.69, 9.17) is 11.6 Å². The second kappa shape index (κ2) is 13.5. The normalized spacial score (nSPS) is 12.2. The molecule has 0 fully saturated rings. The summed E-state index contributed by atoms with van der Waals surface area (Å²) in [5.41, 5.74) is 0.701. The van der Waals surface area contributed by atoms with Crippen LogP contribution in [0.15, 0.2) is 42.5 Å². The highest BCUT2D eigenvalue weighted by molar-refractivity contribution is 7.92. The molecule has 0 bridgehead atoms. The van der Waals surface area contributed by atoms with Gasteiger partial charge < -0.3 is 10.2 Å². The maximum atomic E-state index is 13.7. The maximum Gasteiger partial charge on any atom is 0.242 e. The fraction of sp³-hybridized carbons (Fsp3) is 0.440. The fourth-order valence-corrected chi connectivity index (χ4v) is 4.76. The van der Waals surface area contributed by atoms with Crippen molar-refractivity contribution < 1.29 is 26.8 Å². The number of carbonyl (C=O) groups excluding carboxylic acids is 2. The van der Waals surface area contributed by atoms with Crippen LogP contribution in [0.1, 0.15) is 45.1 Å². The lowest BCUT2D eigenvalue weighted by Crippen LogP contribution is -2.48. The minimum atomic E-state index is -3.82. The van der Waals surface area contributed by atoms with Gasteiger partial charge in [-0.25, -0.2) is 17.2 Å². The van der Waals surface area contributed by atoms with Crippen molar-refractivity contribution in [3.63, 3.8) is 0 Å². The number of nitrogens with one attached hydrogen (secondary N) is 1. The number of amides is 2. The van der Waals surface area contributed by atoms with Crippen molar-refractivity contribution >= 4 is 39.1 Å². The van der Waals surface area contributed by atoms with E-state index in [0.29, 0.717) is 11.6 Å². The zero-order valence-corrected chi connectivity index (χ0v) is 22.2. The van der Waals surface area contributed by atoms with Gasteiger partial charge in [0.1, 0.15) is 6.04 Å². The van der Waals surface area contributed by atoms with E-state index in [-0.39, 0.29) is 43.4 Å². The summed E-state index contributed by atoms with van der Waals surface area (Å²) in [6.45, 7) is 4.15. The average Bonchev–Trinajstić information content (AvgIpc) is 2.81. The van der Waals surface area contributed by atoms with Gasteiger partial charge in [-0.2, -0.15) is 0 Å². The highest BCUT2D eigenvalue weighted by Crippen LogP contribution is 2.22. The van der Waals surface area contributed by atoms with Gasteiger partial charge in [0.15, 0.2) is 11.6 Å². The fourth-order valence-electron chi connectivity index (χ4n) is 3.59. The second-order valence-electron chi connectivity index (χ2n) is 8.51. The molecule has 0 aliphatic carbocycles. The Hall–Kier alpha value is -2.72. The molecule has 0 aliphatic rings. The first-order chi connectivity index (χ1) is 16.9. The monoisotopic (exact) mass is 543 g/mol. The van der Waals surface area contributed by atoms with Crippen LogP contribution in [0.2, 0.25) is 5.02 Å². The molecule has 1 N–H and O–H groups in total. The van der Waals surface area contributed by atoms with Gasteiger partial charge in [-0.05, 0) is 49.6 Å². The lowest BCUT2D eigenvalue weighted by atomic mass is 10.1. The molecule has 0 radical (unpaired) electrons. The van der Waals surface area contributed by atoms with Gasteiger partial charge in [0.05, 0.1) is 11.9 Å². The summed E-state index contributed by atoms with van der Waals surface area (Å²) in [5.74, 6) is -2.91. The van der Waals surface area contributed by atoms with Gasteiger partial charge in [0, 0.05) is 37.1 Å². The number of anilines is 1. The van der Waals surface area contributed by atoms with Crippen molar-refractivity contribution in [2.24, 2.45) is 0 Å².